The Bertz CT molecular complexity index is 1060. The number of nitrogens with zero attached hydrogens (tertiary/aromatic N) is 4. The van der Waals surface area contributed by atoms with Crippen molar-refractivity contribution >= 4 is 28.1 Å². The number of hydrogen-bond acceptors (Lipinski definition) is 6. The summed E-state index contributed by atoms with van der Waals surface area (Å²) in [5, 5.41) is 2.66. The molecule has 0 aliphatic carbocycles. The van der Waals surface area contributed by atoms with Gasteiger partial charge in [0.2, 0.25) is 0 Å². The zero-order valence-corrected chi connectivity index (χ0v) is 15.1. The molecule has 0 N–H and O–H groups in total. The SMILES string of the molecule is COc1cc(-c2nc3sccn3c2-c2ccnc(SC)n2)ccc1F. The molecule has 0 saturated carbocycles. The number of rotatable bonds is 4. The number of thiazole rings is 1. The molecule has 0 atom stereocenters. The van der Waals surface area contributed by atoms with Crippen molar-refractivity contribution in [1.82, 2.24) is 19.4 Å². The second-order valence-electron chi connectivity index (χ2n) is 5.14. The van der Waals surface area contributed by atoms with Crippen LogP contribution >= 0.6 is 23.1 Å². The molecule has 4 rings (SSSR count). The summed E-state index contributed by atoms with van der Waals surface area (Å²) in [6.45, 7) is 0. The number of fused-ring (bicyclic) bond motifs is 1. The number of thioether (sulfide) groups is 1. The van der Waals surface area contributed by atoms with E-state index in [1.54, 1.807) is 18.3 Å². The molecule has 8 heteroatoms. The van der Waals surface area contributed by atoms with Crippen LogP contribution in [-0.4, -0.2) is 32.7 Å². The molecule has 25 heavy (non-hydrogen) atoms. The highest BCUT2D eigenvalue weighted by Crippen LogP contribution is 2.35. The van der Waals surface area contributed by atoms with Crippen LogP contribution in [0.25, 0.3) is 27.6 Å². The van der Waals surface area contributed by atoms with E-state index >= 15 is 0 Å². The molecule has 126 valence electrons. The minimum absolute atomic E-state index is 0.187. The van der Waals surface area contributed by atoms with Crippen molar-refractivity contribution in [2.45, 2.75) is 5.16 Å². The molecule has 0 radical (unpaired) electrons. The van der Waals surface area contributed by atoms with E-state index in [0.29, 0.717) is 5.16 Å². The lowest BCUT2D eigenvalue weighted by molar-refractivity contribution is 0.387. The van der Waals surface area contributed by atoms with Gasteiger partial charge in [-0.15, -0.1) is 11.3 Å². The van der Waals surface area contributed by atoms with Gasteiger partial charge in [-0.25, -0.2) is 19.3 Å². The number of imidazole rings is 1. The molecule has 0 aliphatic rings. The smallest absolute Gasteiger partial charge is 0.194 e. The van der Waals surface area contributed by atoms with Crippen molar-refractivity contribution in [3.05, 3.63) is 47.9 Å². The fourth-order valence-electron chi connectivity index (χ4n) is 2.61. The van der Waals surface area contributed by atoms with E-state index in [2.05, 4.69) is 9.97 Å². The number of methoxy groups -OCH3 is 1. The Morgan fingerprint density at radius 2 is 2.12 bits per heavy atom. The van der Waals surface area contributed by atoms with Crippen molar-refractivity contribution < 1.29 is 9.13 Å². The van der Waals surface area contributed by atoms with Gasteiger partial charge < -0.3 is 4.74 Å². The summed E-state index contributed by atoms with van der Waals surface area (Å²) in [4.78, 5) is 14.4. The predicted octanol–water partition coefficient (Wildman–Crippen LogP) is 4.39. The van der Waals surface area contributed by atoms with Gasteiger partial charge in [0.1, 0.15) is 5.69 Å². The van der Waals surface area contributed by atoms with Crippen molar-refractivity contribution in [3.8, 4) is 28.4 Å². The van der Waals surface area contributed by atoms with E-state index < -0.39 is 5.82 Å². The van der Waals surface area contributed by atoms with Gasteiger partial charge in [0.25, 0.3) is 0 Å². The zero-order chi connectivity index (χ0) is 17.4. The summed E-state index contributed by atoms with van der Waals surface area (Å²) >= 11 is 3.01. The molecule has 5 nitrogen and oxygen atoms in total. The van der Waals surface area contributed by atoms with Gasteiger partial charge in [-0.1, -0.05) is 11.8 Å². The Kier molecular flexibility index (Phi) is 4.14. The molecule has 3 heterocycles. The zero-order valence-electron chi connectivity index (χ0n) is 13.4. The second kappa shape index (κ2) is 6.45. The molecule has 0 unspecified atom stereocenters. The van der Waals surface area contributed by atoms with E-state index in [1.165, 1.54) is 36.3 Å². The normalized spacial score (nSPS) is 11.2. The number of halogens is 1. The first-order valence-corrected chi connectivity index (χ1v) is 9.48. The summed E-state index contributed by atoms with van der Waals surface area (Å²) in [5.74, 6) is -0.215. The molecule has 1 aromatic carbocycles. The molecule has 0 aliphatic heterocycles. The maximum absolute atomic E-state index is 13.8. The molecule has 0 amide bonds. The summed E-state index contributed by atoms with van der Waals surface area (Å²) in [6, 6.07) is 6.59. The third-order valence-electron chi connectivity index (χ3n) is 3.75. The number of benzene rings is 1. The van der Waals surface area contributed by atoms with Gasteiger partial charge in [0.15, 0.2) is 21.7 Å². The van der Waals surface area contributed by atoms with Gasteiger partial charge in [-0.05, 0) is 30.5 Å². The lowest BCUT2D eigenvalue weighted by atomic mass is 10.1. The molecule has 0 saturated heterocycles. The van der Waals surface area contributed by atoms with E-state index in [4.69, 9.17) is 9.72 Å². The minimum atomic E-state index is -0.402. The standard InChI is InChI=1S/C17H13FN4OS2/c1-23-13-9-10(3-4-11(13)18)14-15(22-7-8-25-17(22)21-14)12-5-6-19-16(20-12)24-2/h3-9H,1-2H3. The third kappa shape index (κ3) is 2.77. The molecule has 0 fully saturated rings. The van der Waals surface area contributed by atoms with Crippen molar-refractivity contribution in [2.24, 2.45) is 0 Å². The summed E-state index contributed by atoms with van der Waals surface area (Å²) in [6.07, 6.45) is 5.61. The topological polar surface area (TPSA) is 52.3 Å². The largest absolute Gasteiger partial charge is 0.494 e. The Morgan fingerprint density at radius 1 is 1.24 bits per heavy atom. The van der Waals surface area contributed by atoms with Crippen LogP contribution in [0.2, 0.25) is 0 Å². The van der Waals surface area contributed by atoms with Crippen LogP contribution in [0.1, 0.15) is 0 Å². The third-order valence-corrected chi connectivity index (χ3v) is 5.06. The molecule has 3 aromatic heterocycles. The first-order valence-electron chi connectivity index (χ1n) is 7.38. The quantitative estimate of drug-likeness (QED) is 0.393. The van der Waals surface area contributed by atoms with E-state index in [-0.39, 0.29) is 5.75 Å². The Morgan fingerprint density at radius 3 is 2.92 bits per heavy atom. The van der Waals surface area contributed by atoms with Crippen molar-refractivity contribution in [3.63, 3.8) is 0 Å². The molecule has 0 spiro atoms. The lowest BCUT2D eigenvalue weighted by Crippen LogP contribution is -1.94. The Hall–Kier alpha value is -2.45. The van der Waals surface area contributed by atoms with Crippen LogP contribution in [0.3, 0.4) is 0 Å². The van der Waals surface area contributed by atoms with Gasteiger partial charge in [-0.2, -0.15) is 0 Å². The lowest BCUT2D eigenvalue weighted by Gasteiger charge is -2.07. The van der Waals surface area contributed by atoms with E-state index in [0.717, 1.165) is 27.6 Å². The van der Waals surface area contributed by atoms with E-state index in [1.807, 2.05) is 28.3 Å². The van der Waals surface area contributed by atoms with Crippen LogP contribution in [0.5, 0.6) is 5.75 Å². The first kappa shape index (κ1) is 16.0. The summed E-state index contributed by atoms with van der Waals surface area (Å²) < 4.78 is 20.9. The highest BCUT2D eigenvalue weighted by Gasteiger charge is 2.19. The average molecular weight is 372 g/mol. The van der Waals surface area contributed by atoms with Crippen LogP contribution in [0.4, 0.5) is 4.39 Å². The van der Waals surface area contributed by atoms with Gasteiger partial charge in [0, 0.05) is 23.3 Å². The Labute approximate surface area is 151 Å². The first-order chi connectivity index (χ1) is 12.2. The monoisotopic (exact) mass is 372 g/mol. The van der Waals surface area contributed by atoms with Crippen molar-refractivity contribution in [2.75, 3.05) is 13.4 Å². The average Bonchev–Trinajstić information content (AvgIpc) is 3.23. The number of ether oxygens (including phenoxy) is 1. The molecule has 4 aromatic rings. The summed E-state index contributed by atoms with van der Waals surface area (Å²) in [7, 11) is 1.45. The maximum Gasteiger partial charge on any atom is 0.194 e. The highest BCUT2D eigenvalue weighted by atomic mass is 32.2. The predicted molar refractivity (Wildman–Crippen MR) is 97.8 cm³/mol. The van der Waals surface area contributed by atoms with Gasteiger partial charge >= 0.3 is 0 Å². The van der Waals surface area contributed by atoms with E-state index in [9.17, 15) is 4.39 Å². The van der Waals surface area contributed by atoms with Gasteiger partial charge in [0.05, 0.1) is 18.5 Å². The Balaban J connectivity index is 1.97. The van der Waals surface area contributed by atoms with Crippen molar-refractivity contribution in [1.29, 1.82) is 0 Å². The molecular weight excluding hydrogens is 359 g/mol. The minimum Gasteiger partial charge on any atom is -0.494 e. The fraction of sp³-hybridized carbons (Fsp3) is 0.118. The second-order valence-corrected chi connectivity index (χ2v) is 6.79. The number of aromatic nitrogens is 4. The molecule has 0 bridgehead atoms. The highest BCUT2D eigenvalue weighted by molar-refractivity contribution is 7.98. The maximum atomic E-state index is 13.8. The van der Waals surface area contributed by atoms with Crippen LogP contribution in [0, 0.1) is 5.82 Å². The number of hydrogen-bond donors (Lipinski definition) is 0. The van der Waals surface area contributed by atoms with Gasteiger partial charge in [-0.3, -0.25) is 4.40 Å². The van der Waals surface area contributed by atoms with Crippen LogP contribution in [-0.2, 0) is 0 Å². The molecular formula is C17H13FN4OS2. The fourth-order valence-corrected chi connectivity index (χ4v) is 3.68. The van der Waals surface area contributed by atoms with Crippen LogP contribution in [0.15, 0.2) is 47.2 Å². The van der Waals surface area contributed by atoms with Crippen LogP contribution < -0.4 is 4.74 Å². The summed E-state index contributed by atoms with van der Waals surface area (Å²) in [5.41, 5.74) is 3.12.